The molecule has 0 unspecified atom stereocenters. The van der Waals surface area contributed by atoms with E-state index in [1.165, 1.54) is 24.3 Å². The third-order valence-corrected chi connectivity index (χ3v) is 2.70. The Kier molecular flexibility index (Phi) is 8.80. The lowest BCUT2D eigenvalue weighted by molar-refractivity contribution is -0.384. The van der Waals surface area contributed by atoms with Crippen molar-refractivity contribution in [1.82, 2.24) is 5.32 Å². The van der Waals surface area contributed by atoms with E-state index in [-0.39, 0.29) is 31.5 Å². The molecule has 0 aliphatic heterocycles. The smallest absolute Gasteiger partial charge is 0.410 e. The minimum atomic E-state index is -0.701. The van der Waals surface area contributed by atoms with Crippen molar-refractivity contribution in [3.8, 4) is 5.75 Å². The molecule has 1 rings (SSSR count). The maximum Gasteiger partial charge on any atom is 0.412 e. The van der Waals surface area contributed by atoms with E-state index in [2.05, 4.69) is 15.3 Å². The van der Waals surface area contributed by atoms with Crippen LogP contribution in [0.2, 0.25) is 0 Å². The van der Waals surface area contributed by atoms with E-state index in [0.29, 0.717) is 12.3 Å². The molecule has 0 saturated carbocycles. The summed E-state index contributed by atoms with van der Waals surface area (Å²) in [6.45, 7) is 4.09. The van der Waals surface area contributed by atoms with Crippen LogP contribution in [0.25, 0.3) is 10.4 Å². The SMILES string of the molecule is C.CC(C)C[C@@H](CN=[N+]=[N-])NC(=O)Oc1ccc([N+](=O)[O-])cc1. The zero-order valence-electron chi connectivity index (χ0n) is 12.3. The van der Waals surface area contributed by atoms with Crippen LogP contribution in [0.4, 0.5) is 10.5 Å². The molecule has 1 atom stereocenters. The van der Waals surface area contributed by atoms with E-state index in [9.17, 15) is 14.9 Å². The number of nitro groups is 1. The Morgan fingerprint density at radius 1 is 1.43 bits per heavy atom. The van der Waals surface area contributed by atoms with Crippen molar-refractivity contribution in [2.75, 3.05) is 6.54 Å². The zero-order valence-corrected chi connectivity index (χ0v) is 12.3. The van der Waals surface area contributed by atoms with E-state index in [1.807, 2.05) is 13.8 Å². The molecule has 0 spiro atoms. The molecule has 0 radical (unpaired) electrons. The van der Waals surface area contributed by atoms with Gasteiger partial charge >= 0.3 is 6.09 Å². The first-order valence-corrected chi connectivity index (χ1v) is 6.66. The van der Waals surface area contributed by atoms with Crippen LogP contribution in [0, 0.1) is 16.0 Å². The van der Waals surface area contributed by atoms with Crippen molar-refractivity contribution in [2.24, 2.45) is 11.0 Å². The van der Waals surface area contributed by atoms with E-state index in [4.69, 9.17) is 10.3 Å². The Bertz CT molecular complexity index is 567. The molecule has 0 aromatic heterocycles. The number of nitro benzene ring substituents is 1. The van der Waals surface area contributed by atoms with Gasteiger partial charge in [0.15, 0.2) is 0 Å². The molecule has 0 aliphatic carbocycles. The fourth-order valence-corrected chi connectivity index (χ4v) is 1.82. The second kappa shape index (κ2) is 10.0. The highest BCUT2D eigenvalue weighted by molar-refractivity contribution is 5.70. The van der Waals surface area contributed by atoms with Crippen molar-refractivity contribution in [1.29, 1.82) is 0 Å². The third kappa shape index (κ3) is 7.68. The van der Waals surface area contributed by atoms with Crippen LogP contribution < -0.4 is 10.1 Å². The minimum Gasteiger partial charge on any atom is -0.410 e. The molecule has 9 heteroatoms. The number of nitrogens with zero attached hydrogens (tertiary/aromatic N) is 4. The monoisotopic (exact) mass is 323 g/mol. The van der Waals surface area contributed by atoms with Gasteiger partial charge in [0.1, 0.15) is 5.75 Å². The molecule has 23 heavy (non-hydrogen) atoms. The van der Waals surface area contributed by atoms with Gasteiger partial charge in [0, 0.05) is 29.6 Å². The molecule has 0 saturated heterocycles. The summed E-state index contributed by atoms with van der Waals surface area (Å²) < 4.78 is 5.03. The topological polar surface area (TPSA) is 130 Å². The Morgan fingerprint density at radius 3 is 2.52 bits per heavy atom. The number of non-ortho nitro benzene ring substituents is 1. The Morgan fingerprint density at radius 2 is 2.04 bits per heavy atom. The lowest BCUT2D eigenvalue weighted by Gasteiger charge is -2.18. The quantitative estimate of drug-likeness (QED) is 0.266. The highest BCUT2D eigenvalue weighted by Crippen LogP contribution is 2.17. The summed E-state index contributed by atoms with van der Waals surface area (Å²) in [6.07, 6.45) is -0.0679. The number of amides is 1. The Hall–Kier alpha value is -2.80. The van der Waals surface area contributed by atoms with Crippen LogP contribution in [0.3, 0.4) is 0 Å². The molecule has 9 nitrogen and oxygen atoms in total. The molecule has 0 heterocycles. The van der Waals surface area contributed by atoms with Gasteiger partial charge < -0.3 is 10.1 Å². The van der Waals surface area contributed by atoms with Crippen LogP contribution in [0.5, 0.6) is 5.75 Å². The number of rotatable bonds is 7. The molecule has 1 aromatic rings. The molecule has 1 N–H and O–H groups in total. The second-order valence-corrected chi connectivity index (χ2v) is 5.02. The van der Waals surface area contributed by atoms with Crippen LogP contribution in [-0.4, -0.2) is 23.6 Å². The molecule has 126 valence electrons. The highest BCUT2D eigenvalue weighted by Gasteiger charge is 2.15. The molecule has 1 aromatic carbocycles. The standard InChI is InChI=1S/C13H17N5O4.CH4/c1-9(2)7-10(8-15-17-14)16-13(19)22-12-5-3-11(4-6-12)18(20)21;/h3-6,9-10H,7-8H2,1-2H3,(H,16,19);1H4/t10-;/m0./s1. The molecule has 0 bridgehead atoms. The van der Waals surface area contributed by atoms with Crippen molar-refractivity contribution >= 4 is 11.8 Å². The number of hydrogen-bond donors (Lipinski definition) is 1. The lowest BCUT2D eigenvalue weighted by atomic mass is 10.0. The number of azide groups is 1. The Labute approximate surface area is 134 Å². The van der Waals surface area contributed by atoms with E-state index in [0.717, 1.165) is 0 Å². The number of carbonyl (C=O) groups is 1. The van der Waals surface area contributed by atoms with Gasteiger partial charge in [-0.15, -0.1) is 0 Å². The second-order valence-electron chi connectivity index (χ2n) is 5.02. The maximum atomic E-state index is 11.8. The summed E-state index contributed by atoms with van der Waals surface area (Å²) >= 11 is 0. The maximum absolute atomic E-state index is 11.8. The first kappa shape index (κ1) is 20.2. The fraction of sp³-hybridized carbons (Fsp3) is 0.500. The summed E-state index contributed by atoms with van der Waals surface area (Å²) in [5.74, 6) is 0.494. The average Bonchev–Trinajstić information content (AvgIpc) is 2.44. The number of benzene rings is 1. The largest absolute Gasteiger partial charge is 0.412 e. The molecule has 1 amide bonds. The van der Waals surface area contributed by atoms with Gasteiger partial charge in [0.05, 0.1) is 4.92 Å². The van der Waals surface area contributed by atoms with Gasteiger partial charge in [-0.1, -0.05) is 26.4 Å². The number of carbonyl (C=O) groups excluding carboxylic acids is 1. The number of nitrogens with one attached hydrogen (secondary N) is 1. The van der Waals surface area contributed by atoms with Crippen LogP contribution >= 0.6 is 0 Å². The van der Waals surface area contributed by atoms with Gasteiger partial charge in [-0.3, -0.25) is 10.1 Å². The van der Waals surface area contributed by atoms with Gasteiger partial charge in [-0.2, -0.15) is 0 Å². The predicted molar refractivity (Wildman–Crippen MR) is 86.2 cm³/mol. The van der Waals surface area contributed by atoms with Gasteiger partial charge in [0.2, 0.25) is 0 Å². The number of ether oxygens (including phenoxy) is 1. The first-order chi connectivity index (χ1) is 10.4. The van der Waals surface area contributed by atoms with E-state index >= 15 is 0 Å². The van der Waals surface area contributed by atoms with Crippen LogP contribution in [0.1, 0.15) is 27.7 Å². The van der Waals surface area contributed by atoms with Crippen molar-refractivity contribution < 1.29 is 14.5 Å². The Balaban J connectivity index is 0.00000484. The van der Waals surface area contributed by atoms with Crippen LogP contribution in [0.15, 0.2) is 29.4 Å². The normalized spacial score (nSPS) is 10.9. The summed E-state index contributed by atoms with van der Waals surface area (Å²) in [4.78, 5) is 24.4. The van der Waals surface area contributed by atoms with Crippen molar-refractivity contribution in [3.63, 3.8) is 0 Å². The number of hydrogen-bond acceptors (Lipinski definition) is 5. The van der Waals surface area contributed by atoms with Gasteiger partial charge in [-0.25, -0.2) is 4.79 Å². The average molecular weight is 323 g/mol. The summed E-state index contributed by atoms with van der Waals surface area (Å²) in [6, 6.07) is 4.83. The lowest BCUT2D eigenvalue weighted by Crippen LogP contribution is -2.39. The molecule has 0 fully saturated rings. The first-order valence-electron chi connectivity index (χ1n) is 6.66. The van der Waals surface area contributed by atoms with E-state index in [1.54, 1.807) is 0 Å². The third-order valence-electron chi connectivity index (χ3n) is 2.70. The minimum absolute atomic E-state index is 0. The van der Waals surface area contributed by atoms with E-state index < -0.39 is 11.0 Å². The van der Waals surface area contributed by atoms with Gasteiger partial charge in [-0.05, 0) is 30.0 Å². The summed E-state index contributed by atoms with van der Waals surface area (Å²) in [7, 11) is 0. The van der Waals surface area contributed by atoms with Gasteiger partial charge in [0.25, 0.3) is 5.69 Å². The van der Waals surface area contributed by atoms with Crippen LogP contribution in [-0.2, 0) is 0 Å². The van der Waals surface area contributed by atoms with Crippen molar-refractivity contribution in [2.45, 2.75) is 33.7 Å². The molecular formula is C14H21N5O4. The molecular weight excluding hydrogens is 302 g/mol. The summed E-state index contributed by atoms with van der Waals surface area (Å²) in [5.41, 5.74) is 8.26. The predicted octanol–water partition coefficient (Wildman–Crippen LogP) is 4.04. The molecule has 0 aliphatic rings. The highest BCUT2D eigenvalue weighted by atomic mass is 16.6. The summed E-state index contributed by atoms with van der Waals surface area (Å²) in [5, 5.41) is 16.6. The zero-order chi connectivity index (χ0) is 16.5. The fourth-order valence-electron chi connectivity index (χ4n) is 1.82. The van der Waals surface area contributed by atoms with Crippen molar-refractivity contribution in [3.05, 3.63) is 44.8 Å².